The lowest BCUT2D eigenvalue weighted by atomic mass is 9.99. The van der Waals surface area contributed by atoms with Crippen LogP contribution >= 0.6 is 0 Å². The van der Waals surface area contributed by atoms with E-state index in [1.165, 1.54) is 6.20 Å². The van der Waals surface area contributed by atoms with Crippen molar-refractivity contribution in [2.24, 2.45) is 5.92 Å². The summed E-state index contributed by atoms with van der Waals surface area (Å²) in [4.78, 5) is 48.0. The third-order valence-electron chi connectivity index (χ3n) is 6.45. The van der Waals surface area contributed by atoms with E-state index in [4.69, 9.17) is 4.74 Å². The van der Waals surface area contributed by atoms with Gasteiger partial charge in [-0.1, -0.05) is 31.2 Å². The maximum Gasteiger partial charge on any atom is 0.410 e. The van der Waals surface area contributed by atoms with Gasteiger partial charge in [0.05, 0.1) is 30.1 Å². The summed E-state index contributed by atoms with van der Waals surface area (Å²) in [5, 5.41) is 10.5. The van der Waals surface area contributed by atoms with Crippen molar-refractivity contribution in [1.29, 1.82) is 5.26 Å². The van der Waals surface area contributed by atoms with Crippen molar-refractivity contribution < 1.29 is 19.1 Å². The van der Waals surface area contributed by atoms with E-state index in [9.17, 15) is 19.6 Å². The fourth-order valence-electron chi connectivity index (χ4n) is 5.17. The van der Waals surface area contributed by atoms with Gasteiger partial charge >= 0.3 is 12.1 Å². The van der Waals surface area contributed by atoms with Crippen molar-refractivity contribution in [2.45, 2.75) is 45.0 Å². The molecule has 158 valence electrons. The van der Waals surface area contributed by atoms with Gasteiger partial charge in [0.2, 0.25) is 0 Å². The van der Waals surface area contributed by atoms with Crippen molar-refractivity contribution in [3.63, 3.8) is 0 Å². The molecule has 31 heavy (non-hydrogen) atoms. The van der Waals surface area contributed by atoms with Crippen LogP contribution < -0.4 is 4.90 Å². The molecule has 0 aliphatic carbocycles. The number of urea groups is 1. The number of carbonyl (C=O) groups is 3. The second-order valence-corrected chi connectivity index (χ2v) is 8.46. The Bertz CT molecular complexity index is 1170. The van der Waals surface area contributed by atoms with Gasteiger partial charge in [-0.05, 0) is 13.8 Å². The highest BCUT2D eigenvalue weighted by atomic mass is 16.6. The fraction of sp³-hybridized carbons (Fsp3) is 0.409. The Morgan fingerprint density at radius 1 is 1.26 bits per heavy atom. The zero-order valence-electron chi connectivity index (χ0n) is 17.3. The number of nitriles is 1. The summed E-state index contributed by atoms with van der Waals surface area (Å²) in [6, 6.07) is 7.26. The van der Waals surface area contributed by atoms with Crippen LogP contribution in [0.1, 0.15) is 26.5 Å². The third-order valence-corrected chi connectivity index (χ3v) is 6.45. The molecule has 0 saturated carbocycles. The van der Waals surface area contributed by atoms with Gasteiger partial charge in [0.1, 0.15) is 17.8 Å². The molecule has 3 saturated heterocycles. The largest absolute Gasteiger partial charge is 0.447 e. The van der Waals surface area contributed by atoms with Crippen LogP contribution in [0, 0.1) is 17.2 Å². The number of pyridine rings is 1. The van der Waals surface area contributed by atoms with Crippen molar-refractivity contribution >= 4 is 34.5 Å². The number of nitrogens with zero attached hydrogens (tertiary/aromatic N) is 5. The summed E-state index contributed by atoms with van der Waals surface area (Å²) in [5.41, 5.74) is 0.581. The van der Waals surface area contributed by atoms with Crippen LogP contribution in [0.4, 0.5) is 15.3 Å². The molecule has 2 unspecified atom stereocenters. The number of hydrogen-bond donors (Lipinski definition) is 0. The minimum absolute atomic E-state index is 0.0319. The van der Waals surface area contributed by atoms with Crippen molar-refractivity contribution in [3.05, 3.63) is 36.2 Å². The zero-order valence-corrected chi connectivity index (χ0v) is 17.3. The third kappa shape index (κ3) is 2.54. The Hall–Kier alpha value is -3.67. The molecule has 9 nitrogen and oxygen atoms in total. The number of benzene rings is 1. The first-order valence-electron chi connectivity index (χ1n) is 10.3. The van der Waals surface area contributed by atoms with E-state index in [1.807, 2.05) is 13.0 Å². The molecular formula is C22H21N5O4. The van der Waals surface area contributed by atoms with E-state index < -0.39 is 24.2 Å². The second-order valence-electron chi connectivity index (χ2n) is 8.46. The van der Waals surface area contributed by atoms with Crippen LogP contribution in [0.5, 0.6) is 0 Å². The van der Waals surface area contributed by atoms with Gasteiger partial charge in [-0.15, -0.1) is 0 Å². The lowest BCUT2D eigenvalue weighted by Gasteiger charge is -2.34. The maximum atomic E-state index is 13.5. The molecule has 4 atom stereocenters. The van der Waals surface area contributed by atoms with Gasteiger partial charge in [-0.2, -0.15) is 5.26 Å². The Morgan fingerprint density at radius 3 is 2.65 bits per heavy atom. The summed E-state index contributed by atoms with van der Waals surface area (Å²) in [5.74, 6) is -0.418. The van der Waals surface area contributed by atoms with Gasteiger partial charge in [0.15, 0.2) is 0 Å². The molecule has 2 bridgehead atoms. The molecule has 0 N–H and O–H groups in total. The smallest absolute Gasteiger partial charge is 0.410 e. The lowest BCUT2D eigenvalue weighted by molar-refractivity contribution is -0.121. The van der Waals surface area contributed by atoms with Gasteiger partial charge in [0.25, 0.3) is 5.91 Å². The SMILES string of the molecule is CC(C)OC(=O)N1CC2[C@H](C)C1[C@H]1C(=O)N(c3cnc(C#N)c4ccccc34)C(=O)N21. The molecule has 3 aliphatic rings. The number of piperazine rings is 1. The number of carbonyl (C=O) groups excluding carboxylic acids is 3. The van der Waals surface area contributed by atoms with E-state index in [1.54, 1.807) is 47.9 Å². The van der Waals surface area contributed by atoms with Gasteiger partial charge in [0, 0.05) is 23.2 Å². The number of imide groups is 1. The summed E-state index contributed by atoms with van der Waals surface area (Å²) in [7, 11) is 0. The van der Waals surface area contributed by atoms with Crippen LogP contribution in [0.3, 0.4) is 0 Å². The quantitative estimate of drug-likeness (QED) is 0.692. The van der Waals surface area contributed by atoms with E-state index in [-0.39, 0.29) is 29.7 Å². The summed E-state index contributed by atoms with van der Waals surface area (Å²) in [6.45, 7) is 5.85. The molecule has 4 heterocycles. The molecule has 1 aromatic carbocycles. The average Bonchev–Trinajstić information content (AvgIpc) is 3.32. The van der Waals surface area contributed by atoms with Gasteiger partial charge in [-0.25, -0.2) is 19.5 Å². The monoisotopic (exact) mass is 419 g/mol. The van der Waals surface area contributed by atoms with Crippen LogP contribution in [0.25, 0.3) is 10.8 Å². The molecule has 4 amide bonds. The predicted molar refractivity (Wildman–Crippen MR) is 110 cm³/mol. The van der Waals surface area contributed by atoms with E-state index >= 15 is 0 Å². The Labute approximate surface area is 178 Å². The number of likely N-dealkylation sites (tertiary alicyclic amines) is 1. The molecule has 3 fully saturated rings. The van der Waals surface area contributed by atoms with Crippen LogP contribution in [0.2, 0.25) is 0 Å². The van der Waals surface area contributed by atoms with Gasteiger partial charge < -0.3 is 14.5 Å². The minimum atomic E-state index is -0.754. The topological polar surface area (TPSA) is 107 Å². The Balaban J connectivity index is 1.55. The molecule has 3 aliphatic heterocycles. The minimum Gasteiger partial charge on any atom is -0.447 e. The van der Waals surface area contributed by atoms with Crippen molar-refractivity contribution in [1.82, 2.24) is 14.8 Å². The molecule has 0 radical (unpaired) electrons. The molecule has 0 spiro atoms. The first kappa shape index (κ1) is 19.3. The lowest BCUT2D eigenvalue weighted by Crippen LogP contribution is -2.55. The molecule has 5 rings (SSSR count). The standard InChI is InChI=1S/C22H21N5O4/c1-11(2)31-22(30)25-10-17-12(3)18(25)19-20(28)27(21(29)26(17)19)16-9-24-15(8-23)13-6-4-5-7-14(13)16/h4-7,9,11-12,17-19H,10H2,1-3H3/t12-,17?,18?,19-/m0/s1. The number of fused-ring (bicyclic) bond motifs is 6. The number of rotatable bonds is 2. The highest BCUT2D eigenvalue weighted by molar-refractivity contribution is 6.25. The summed E-state index contributed by atoms with van der Waals surface area (Å²) >= 11 is 0. The van der Waals surface area contributed by atoms with E-state index in [2.05, 4.69) is 4.98 Å². The fourth-order valence-corrected chi connectivity index (χ4v) is 5.17. The number of amides is 4. The number of anilines is 1. The second kappa shape index (κ2) is 6.67. The molecular weight excluding hydrogens is 398 g/mol. The Morgan fingerprint density at radius 2 is 1.97 bits per heavy atom. The number of aromatic nitrogens is 1. The maximum absolute atomic E-state index is 13.5. The van der Waals surface area contributed by atoms with Crippen LogP contribution in [-0.2, 0) is 9.53 Å². The molecule has 1 aromatic heterocycles. The highest BCUT2D eigenvalue weighted by Crippen LogP contribution is 2.46. The molecule has 2 aromatic rings. The first-order valence-corrected chi connectivity index (χ1v) is 10.3. The highest BCUT2D eigenvalue weighted by Gasteiger charge is 2.66. The van der Waals surface area contributed by atoms with Crippen molar-refractivity contribution in [2.75, 3.05) is 11.4 Å². The van der Waals surface area contributed by atoms with Crippen LogP contribution in [0.15, 0.2) is 30.5 Å². The summed E-state index contributed by atoms with van der Waals surface area (Å²) in [6.07, 6.45) is 0.666. The number of hydrogen-bond acceptors (Lipinski definition) is 6. The predicted octanol–water partition coefficient (Wildman–Crippen LogP) is 2.49. The first-order chi connectivity index (χ1) is 14.8. The number of ether oxygens (including phenoxy) is 1. The zero-order chi connectivity index (χ0) is 22.0. The van der Waals surface area contributed by atoms with E-state index in [0.717, 1.165) is 4.90 Å². The van der Waals surface area contributed by atoms with E-state index in [0.29, 0.717) is 23.0 Å². The van der Waals surface area contributed by atoms with Crippen LogP contribution in [-0.4, -0.2) is 63.6 Å². The normalized spacial score (nSPS) is 26.7. The Kier molecular flexibility index (Phi) is 4.15. The van der Waals surface area contributed by atoms with Crippen molar-refractivity contribution in [3.8, 4) is 6.07 Å². The van der Waals surface area contributed by atoms with Gasteiger partial charge in [-0.3, -0.25) is 4.79 Å². The summed E-state index contributed by atoms with van der Waals surface area (Å²) < 4.78 is 5.36. The average molecular weight is 419 g/mol. The molecule has 9 heteroatoms.